The van der Waals surface area contributed by atoms with Gasteiger partial charge in [-0.25, -0.2) is 0 Å². The SMILES string of the molecule is CCCC(C)NCC(C)N1CCOCC1. The predicted octanol–water partition coefficient (Wildman–Crippen LogP) is 1.49. The smallest absolute Gasteiger partial charge is 0.0594 e. The number of rotatable bonds is 6. The summed E-state index contributed by atoms with van der Waals surface area (Å²) in [7, 11) is 0. The van der Waals surface area contributed by atoms with Crippen molar-refractivity contribution in [3.63, 3.8) is 0 Å². The van der Waals surface area contributed by atoms with Crippen LogP contribution >= 0.6 is 0 Å². The van der Waals surface area contributed by atoms with Crippen molar-refractivity contribution in [1.82, 2.24) is 10.2 Å². The molecule has 1 rings (SSSR count). The van der Waals surface area contributed by atoms with Gasteiger partial charge in [0.2, 0.25) is 0 Å². The molecule has 2 atom stereocenters. The van der Waals surface area contributed by atoms with E-state index in [-0.39, 0.29) is 0 Å². The molecule has 3 heteroatoms. The van der Waals surface area contributed by atoms with Gasteiger partial charge in [-0.15, -0.1) is 0 Å². The number of nitrogens with zero attached hydrogens (tertiary/aromatic N) is 1. The molecule has 1 aliphatic rings. The Morgan fingerprint density at radius 3 is 2.53 bits per heavy atom. The highest BCUT2D eigenvalue weighted by Gasteiger charge is 2.16. The van der Waals surface area contributed by atoms with Crippen molar-refractivity contribution in [2.75, 3.05) is 32.8 Å². The van der Waals surface area contributed by atoms with Crippen LogP contribution in [0.5, 0.6) is 0 Å². The zero-order chi connectivity index (χ0) is 11.1. The van der Waals surface area contributed by atoms with Crippen LogP contribution in [0.2, 0.25) is 0 Å². The molecule has 1 fully saturated rings. The Kier molecular flexibility index (Phi) is 6.22. The molecule has 0 spiro atoms. The Hall–Kier alpha value is -0.120. The first-order chi connectivity index (χ1) is 7.24. The summed E-state index contributed by atoms with van der Waals surface area (Å²) in [6.45, 7) is 11.9. The lowest BCUT2D eigenvalue weighted by atomic mass is 10.2. The molecule has 3 nitrogen and oxygen atoms in total. The second-order valence-electron chi connectivity index (χ2n) is 4.60. The van der Waals surface area contributed by atoms with E-state index in [1.807, 2.05) is 0 Å². The van der Waals surface area contributed by atoms with Gasteiger partial charge in [0.25, 0.3) is 0 Å². The van der Waals surface area contributed by atoms with Crippen LogP contribution in [0, 0.1) is 0 Å². The zero-order valence-electron chi connectivity index (χ0n) is 10.5. The van der Waals surface area contributed by atoms with Gasteiger partial charge in [0.15, 0.2) is 0 Å². The number of hydrogen-bond donors (Lipinski definition) is 1. The Morgan fingerprint density at radius 2 is 1.93 bits per heavy atom. The van der Waals surface area contributed by atoms with Crippen LogP contribution in [0.1, 0.15) is 33.6 Å². The summed E-state index contributed by atoms with van der Waals surface area (Å²) in [6.07, 6.45) is 2.54. The highest BCUT2D eigenvalue weighted by Crippen LogP contribution is 2.03. The van der Waals surface area contributed by atoms with Gasteiger partial charge in [0.1, 0.15) is 0 Å². The topological polar surface area (TPSA) is 24.5 Å². The third kappa shape index (κ3) is 4.96. The van der Waals surface area contributed by atoms with Crippen molar-refractivity contribution in [2.24, 2.45) is 0 Å². The van der Waals surface area contributed by atoms with E-state index in [2.05, 4.69) is 31.0 Å². The Morgan fingerprint density at radius 1 is 1.27 bits per heavy atom. The minimum absolute atomic E-state index is 0.633. The average Bonchev–Trinajstić information content (AvgIpc) is 2.27. The van der Waals surface area contributed by atoms with Crippen molar-refractivity contribution in [3.05, 3.63) is 0 Å². The average molecular weight is 214 g/mol. The van der Waals surface area contributed by atoms with Gasteiger partial charge >= 0.3 is 0 Å². The van der Waals surface area contributed by atoms with Gasteiger partial charge in [-0.2, -0.15) is 0 Å². The van der Waals surface area contributed by atoms with Crippen molar-refractivity contribution in [2.45, 2.75) is 45.7 Å². The molecule has 0 saturated carbocycles. The number of morpholine rings is 1. The van der Waals surface area contributed by atoms with Crippen molar-refractivity contribution >= 4 is 0 Å². The zero-order valence-corrected chi connectivity index (χ0v) is 10.5. The summed E-state index contributed by atoms with van der Waals surface area (Å²) < 4.78 is 5.35. The molecule has 0 aromatic heterocycles. The molecule has 0 aromatic rings. The fourth-order valence-electron chi connectivity index (χ4n) is 2.05. The molecule has 0 amide bonds. The maximum absolute atomic E-state index is 5.35. The first-order valence-electron chi connectivity index (χ1n) is 6.29. The van der Waals surface area contributed by atoms with E-state index < -0.39 is 0 Å². The Balaban J connectivity index is 2.13. The summed E-state index contributed by atoms with van der Waals surface area (Å²) >= 11 is 0. The van der Waals surface area contributed by atoms with E-state index in [9.17, 15) is 0 Å². The largest absolute Gasteiger partial charge is 0.379 e. The molecule has 1 aliphatic heterocycles. The van der Waals surface area contributed by atoms with Crippen LogP contribution in [0.4, 0.5) is 0 Å². The maximum atomic E-state index is 5.35. The van der Waals surface area contributed by atoms with E-state index in [0.717, 1.165) is 32.8 Å². The minimum atomic E-state index is 0.633. The molecule has 15 heavy (non-hydrogen) atoms. The Labute approximate surface area is 94.2 Å². The lowest BCUT2D eigenvalue weighted by Gasteiger charge is -2.33. The molecule has 2 unspecified atom stereocenters. The van der Waals surface area contributed by atoms with Crippen molar-refractivity contribution in [3.8, 4) is 0 Å². The summed E-state index contributed by atoms with van der Waals surface area (Å²) in [5.41, 5.74) is 0. The van der Waals surface area contributed by atoms with Crippen LogP contribution in [0.15, 0.2) is 0 Å². The van der Waals surface area contributed by atoms with E-state index in [0.29, 0.717) is 12.1 Å². The molecule has 1 N–H and O–H groups in total. The van der Waals surface area contributed by atoms with Gasteiger partial charge in [-0.3, -0.25) is 4.90 Å². The third-order valence-corrected chi connectivity index (χ3v) is 3.15. The highest BCUT2D eigenvalue weighted by atomic mass is 16.5. The van der Waals surface area contributed by atoms with Crippen LogP contribution in [0.3, 0.4) is 0 Å². The van der Waals surface area contributed by atoms with Gasteiger partial charge in [-0.05, 0) is 20.3 Å². The van der Waals surface area contributed by atoms with E-state index in [1.54, 1.807) is 0 Å². The summed E-state index contributed by atoms with van der Waals surface area (Å²) in [6, 6.07) is 1.28. The highest BCUT2D eigenvalue weighted by molar-refractivity contribution is 4.73. The first-order valence-corrected chi connectivity index (χ1v) is 6.29. The van der Waals surface area contributed by atoms with E-state index >= 15 is 0 Å². The second-order valence-corrected chi connectivity index (χ2v) is 4.60. The maximum Gasteiger partial charge on any atom is 0.0594 e. The summed E-state index contributed by atoms with van der Waals surface area (Å²) in [4.78, 5) is 2.51. The van der Waals surface area contributed by atoms with Gasteiger partial charge in [0.05, 0.1) is 13.2 Å². The minimum Gasteiger partial charge on any atom is -0.379 e. The molecule has 0 bridgehead atoms. The predicted molar refractivity (Wildman–Crippen MR) is 64.2 cm³/mol. The van der Waals surface area contributed by atoms with Gasteiger partial charge < -0.3 is 10.1 Å². The van der Waals surface area contributed by atoms with Gasteiger partial charge in [-0.1, -0.05) is 13.3 Å². The standard InChI is InChI=1S/C12H26N2O/c1-4-5-11(2)13-10-12(3)14-6-8-15-9-7-14/h11-13H,4-10H2,1-3H3. The quantitative estimate of drug-likeness (QED) is 0.725. The molecule has 0 aliphatic carbocycles. The van der Waals surface area contributed by atoms with Crippen LogP contribution in [-0.2, 0) is 4.74 Å². The molecule has 1 saturated heterocycles. The Bertz CT molecular complexity index is 158. The van der Waals surface area contributed by atoms with E-state index in [1.165, 1.54) is 12.8 Å². The normalized spacial score (nSPS) is 22.6. The lowest BCUT2D eigenvalue weighted by molar-refractivity contribution is 0.0199. The molecular formula is C12H26N2O. The van der Waals surface area contributed by atoms with Crippen LogP contribution in [0.25, 0.3) is 0 Å². The molecule has 0 aromatic carbocycles. The number of nitrogens with one attached hydrogen (secondary N) is 1. The number of ether oxygens (including phenoxy) is 1. The first kappa shape index (κ1) is 12.9. The van der Waals surface area contributed by atoms with Crippen LogP contribution < -0.4 is 5.32 Å². The molecule has 0 radical (unpaired) electrons. The monoisotopic (exact) mass is 214 g/mol. The second kappa shape index (κ2) is 7.20. The fraction of sp³-hybridized carbons (Fsp3) is 1.00. The number of hydrogen-bond acceptors (Lipinski definition) is 3. The van der Waals surface area contributed by atoms with E-state index in [4.69, 9.17) is 4.74 Å². The van der Waals surface area contributed by atoms with Crippen LogP contribution in [-0.4, -0.2) is 49.8 Å². The molecule has 90 valence electrons. The fourth-order valence-corrected chi connectivity index (χ4v) is 2.05. The van der Waals surface area contributed by atoms with Crippen molar-refractivity contribution < 1.29 is 4.74 Å². The molecular weight excluding hydrogens is 188 g/mol. The van der Waals surface area contributed by atoms with Crippen molar-refractivity contribution in [1.29, 1.82) is 0 Å². The molecule has 1 heterocycles. The summed E-state index contributed by atoms with van der Waals surface area (Å²) in [5, 5.41) is 3.60. The lowest BCUT2D eigenvalue weighted by Crippen LogP contribution is -2.47. The van der Waals surface area contributed by atoms with Gasteiger partial charge in [0, 0.05) is 31.7 Å². The third-order valence-electron chi connectivity index (χ3n) is 3.15. The summed E-state index contributed by atoms with van der Waals surface area (Å²) in [5.74, 6) is 0.